The molecule has 2 heterocycles. The van der Waals surface area contributed by atoms with Crippen molar-refractivity contribution in [3.63, 3.8) is 0 Å². The molecular formula is C32H37F4N3O9. The van der Waals surface area contributed by atoms with Crippen molar-refractivity contribution in [1.29, 1.82) is 5.41 Å². The van der Waals surface area contributed by atoms with Crippen LogP contribution in [0.25, 0.3) is 0 Å². The highest BCUT2D eigenvalue weighted by Gasteiger charge is 2.39. The zero-order valence-electron chi connectivity index (χ0n) is 27.0. The van der Waals surface area contributed by atoms with E-state index in [4.69, 9.17) is 24.8 Å². The van der Waals surface area contributed by atoms with Gasteiger partial charge in [0.25, 0.3) is 0 Å². The van der Waals surface area contributed by atoms with E-state index in [1.54, 1.807) is 26.0 Å². The van der Waals surface area contributed by atoms with Crippen LogP contribution in [-0.2, 0) is 32.9 Å². The number of hydrogen-bond donors (Lipinski definition) is 4. The molecule has 0 radical (unpaired) electrons. The summed E-state index contributed by atoms with van der Waals surface area (Å²) < 4.78 is 58.2. The third kappa shape index (κ3) is 8.15. The van der Waals surface area contributed by atoms with Crippen LogP contribution in [0.5, 0.6) is 17.2 Å². The molecule has 1 atom stereocenters. The van der Waals surface area contributed by atoms with Crippen molar-refractivity contribution in [2.45, 2.75) is 78.2 Å². The van der Waals surface area contributed by atoms with E-state index < -0.39 is 35.4 Å². The van der Waals surface area contributed by atoms with E-state index >= 15 is 4.39 Å². The first-order valence-corrected chi connectivity index (χ1v) is 14.9. The van der Waals surface area contributed by atoms with Crippen LogP contribution in [0, 0.1) is 11.2 Å². The normalized spacial score (nSPS) is 16.0. The molecule has 2 aliphatic heterocycles. The van der Waals surface area contributed by atoms with E-state index in [-0.39, 0.29) is 90.5 Å². The number of aromatic hydroxyl groups is 1. The van der Waals surface area contributed by atoms with E-state index in [1.807, 2.05) is 20.8 Å². The number of carboxylic acid groups (broad SMARTS) is 2. The predicted molar refractivity (Wildman–Crippen MR) is 162 cm³/mol. The number of carbonyl (C=O) groups is 4. The summed E-state index contributed by atoms with van der Waals surface area (Å²) >= 11 is 0. The molecule has 262 valence electrons. The molecule has 0 saturated carbocycles. The number of ketones is 1. The molecule has 0 aromatic heterocycles. The SMILES string of the molecule is CCOc1cc2c(c(F)c1OCC)C(=N)N(CC(=O)c1cc(CN3C(=O)CCC3C(=O)O)c(O)c(C(C)(C)C)c1)C2.O=C(O)C(F)(F)F. The van der Waals surface area contributed by atoms with Crippen molar-refractivity contribution in [2.24, 2.45) is 0 Å². The summed E-state index contributed by atoms with van der Waals surface area (Å²) in [6.45, 7) is 9.30. The first-order chi connectivity index (χ1) is 22.2. The van der Waals surface area contributed by atoms with Crippen LogP contribution < -0.4 is 9.47 Å². The summed E-state index contributed by atoms with van der Waals surface area (Å²) in [6.07, 6.45) is -4.82. The lowest BCUT2D eigenvalue weighted by atomic mass is 9.83. The minimum Gasteiger partial charge on any atom is -0.507 e. The Hall–Kier alpha value is -4.89. The van der Waals surface area contributed by atoms with Crippen molar-refractivity contribution in [2.75, 3.05) is 19.8 Å². The molecule has 48 heavy (non-hydrogen) atoms. The molecular weight excluding hydrogens is 646 g/mol. The van der Waals surface area contributed by atoms with Crippen LogP contribution in [0.3, 0.4) is 0 Å². The lowest BCUT2D eigenvalue weighted by molar-refractivity contribution is -0.192. The summed E-state index contributed by atoms with van der Waals surface area (Å²) in [5.41, 5.74) is 0.929. The molecule has 12 nitrogen and oxygen atoms in total. The number of carbonyl (C=O) groups excluding carboxylic acids is 2. The van der Waals surface area contributed by atoms with Gasteiger partial charge in [0.2, 0.25) is 5.91 Å². The fourth-order valence-electron chi connectivity index (χ4n) is 5.34. The van der Waals surface area contributed by atoms with Crippen molar-refractivity contribution in [1.82, 2.24) is 9.80 Å². The van der Waals surface area contributed by atoms with Crippen LogP contribution in [0.15, 0.2) is 18.2 Å². The Morgan fingerprint density at radius 3 is 2.17 bits per heavy atom. The molecule has 1 unspecified atom stereocenters. The number of fused-ring (bicyclic) bond motifs is 1. The van der Waals surface area contributed by atoms with E-state index in [1.165, 1.54) is 15.9 Å². The van der Waals surface area contributed by atoms with E-state index in [0.29, 0.717) is 17.7 Å². The van der Waals surface area contributed by atoms with Gasteiger partial charge in [-0.05, 0) is 49.4 Å². The highest BCUT2D eigenvalue weighted by molar-refractivity contribution is 6.06. The maximum atomic E-state index is 15.5. The van der Waals surface area contributed by atoms with Gasteiger partial charge in [-0.3, -0.25) is 15.0 Å². The Labute approximate surface area is 273 Å². The number of likely N-dealkylation sites (tertiary alicyclic amines) is 1. The average molecular weight is 684 g/mol. The molecule has 0 spiro atoms. The Morgan fingerprint density at radius 2 is 1.65 bits per heavy atom. The highest BCUT2D eigenvalue weighted by atomic mass is 19.4. The van der Waals surface area contributed by atoms with Gasteiger partial charge in [-0.2, -0.15) is 13.2 Å². The Kier molecular flexibility index (Phi) is 11.3. The minimum atomic E-state index is -5.08. The van der Waals surface area contributed by atoms with Crippen molar-refractivity contribution in [3.8, 4) is 17.2 Å². The van der Waals surface area contributed by atoms with Gasteiger partial charge in [0.1, 0.15) is 17.6 Å². The van der Waals surface area contributed by atoms with Crippen LogP contribution in [0.1, 0.15) is 80.1 Å². The molecule has 0 aliphatic carbocycles. The van der Waals surface area contributed by atoms with Crippen LogP contribution in [0.2, 0.25) is 0 Å². The molecule has 1 amide bonds. The smallest absolute Gasteiger partial charge is 0.490 e. The number of carboxylic acids is 2. The number of amidine groups is 1. The molecule has 4 N–H and O–H groups in total. The molecule has 2 aliphatic rings. The number of aliphatic carboxylic acids is 2. The number of nitrogens with one attached hydrogen (secondary N) is 1. The second-order valence-electron chi connectivity index (χ2n) is 12.0. The highest BCUT2D eigenvalue weighted by Crippen LogP contribution is 2.40. The van der Waals surface area contributed by atoms with Gasteiger partial charge >= 0.3 is 18.1 Å². The summed E-state index contributed by atoms with van der Waals surface area (Å²) in [5.74, 6) is -5.41. The maximum Gasteiger partial charge on any atom is 0.490 e. The standard InChI is InChI=1S/C30H36FN3O7.C2HF3O2/c1-6-40-22-12-17-13-33(28(32)24(17)25(31)27(22)41-7-2)15-21(35)16-10-18(26(37)19(11-16)30(3,4)5)14-34-20(29(38)39)8-9-23(34)36;3-2(4,5)1(6)7/h10-12,20,32,37H,6-9,13-15H2,1-5H3,(H,38,39);(H,6,7). The second-order valence-corrected chi connectivity index (χ2v) is 12.0. The zero-order chi connectivity index (χ0) is 36.3. The first-order valence-electron chi connectivity index (χ1n) is 14.9. The van der Waals surface area contributed by atoms with Crippen molar-refractivity contribution >= 4 is 29.5 Å². The number of benzene rings is 2. The molecule has 2 aromatic rings. The van der Waals surface area contributed by atoms with Crippen molar-refractivity contribution < 1.29 is 61.5 Å². The molecule has 16 heteroatoms. The molecule has 4 rings (SSSR count). The number of phenols is 1. The summed E-state index contributed by atoms with van der Waals surface area (Å²) in [4.78, 5) is 49.3. The number of rotatable bonds is 10. The second kappa shape index (κ2) is 14.5. The fraction of sp³-hybridized carbons (Fsp3) is 0.469. The maximum absolute atomic E-state index is 15.5. The lowest BCUT2D eigenvalue weighted by Crippen LogP contribution is -2.38. The Morgan fingerprint density at radius 1 is 1.04 bits per heavy atom. The third-order valence-electron chi connectivity index (χ3n) is 7.62. The van der Waals surface area contributed by atoms with Crippen LogP contribution >= 0.6 is 0 Å². The number of ether oxygens (including phenoxy) is 2. The molecule has 0 bridgehead atoms. The monoisotopic (exact) mass is 683 g/mol. The van der Waals surface area contributed by atoms with E-state index in [9.17, 15) is 37.8 Å². The molecule has 2 aromatic carbocycles. The molecule has 1 fully saturated rings. The number of alkyl halides is 3. The van der Waals surface area contributed by atoms with Gasteiger partial charge in [0.15, 0.2) is 23.1 Å². The average Bonchev–Trinajstić information content (AvgIpc) is 3.49. The number of halogens is 4. The Balaban J connectivity index is 0.000000804. The minimum absolute atomic E-state index is 0.0544. The van der Waals surface area contributed by atoms with Gasteiger partial charge in [0.05, 0.1) is 31.9 Å². The Bertz CT molecular complexity index is 1620. The number of phenolic OH excluding ortho intramolecular Hbond substituents is 1. The number of nitrogens with zero attached hydrogens (tertiary/aromatic N) is 2. The van der Waals surface area contributed by atoms with E-state index in [0.717, 1.165) is 0 Å². The van der Waals surface area contributed by atoms with Crippen LogP contribution in [0.4, 0.5) is 17.6 Å². The van der Waals surface area contributed by atoms with Gasteiger partial charge in [-0.25, -0.2) is 14.0 Å². The van der Waals surface area contributed by atoms with Gasteiger partial charge in [-0.1, -0.05) is 20.8 Å². The number of hydrogen-bond acceptors (Lipinski definition) is 8. The molecule has 1 saturated heterocycles. The largest absolute Gasteiger partial charge is 0.507 e. The summed E-state index contributed by atoms with van der Waals surface area (Å²) in [5, 5.41) is 36.4. The van der Waals surface area contributed by atoms with Crippen molar-refractivity contribution in [3.05, 3.63) is 51.8 Å². The topological polar surface area (TPSA) is 178 Å². The lowest BCUT2D eigenvalue weighted by Gasteiger charge is -2.27. The van der Waals surface area contributed by atoms with E-state index in [2.05, 4.69) is 0 Å². The quantitative estimate of drug-likeness (QED) is 0.200. The number of Topliss-reactive ketones (excluding diaryl/α,β-unsaturated/α-hetero) is 1. The first kappa shape index (κ1) is 37.6. The summed E-state index contributed by atoms with van der Waals surface area (Å²) in [7, 11) is 0. The van der Waals surface area contributed by atoms with Gasteiger partial charge in [0, 0.05) is 29.7 Å². The van der Waals surface area contributed by atoms with Gasteiger partial charge in [-0.15, -0.1) is 0 Å². The van der Waals surface area contributed by atoms with Crippen LogP contribution in [-0.4, -0.2) is 86.6 Å². The zero-order valence-corrected chi connectivity index (χ0v) is 27.0. The predicted octanol–water partition coefficient (Wildman–Crippen LogP) is 4.86. The third-order valence-corrected chi connectivity index (χ3v) is 7.62. The summed E-state index contributed by atoms with van der Waals surface area (Å²) in [6, 6.07) is 3.66. The fourth-order valence-corrected chi connectivity index (χ4v) is 5.34. The number of amides is 1. The van der Waals surface area contributed by atoms with Gasteiger partial charge < -0.3 is 34.6 Å².